The van der Waals surface area contributed by atoms with Crippen molar-refractivity contribution in [2.45, 2.75) is 50.5 Å². The van der Waals surface area contributed by atoms with E-state index in [-0.39, 0.29) is 19.8 Å². The molecule has 5 atom stereocenters. The zero-order valence-corrected chi connectivity index (χ0v) is 22.7. The molecule has 1 fully saturated rings. The number of carbonyl (C=O) groups is 1. The first-order valence-electron chi connectivity index (χ1n) is 13.7. The van der Waals surface area contributed by atoms with Gasteiger partial charge in [0.1, 0.15) is 18.3 Å². The first kappa shape index (κ1) is 28.7. The first-order valence-corrected chi connectivity index (χ1v) is 13.7. The van der Waals surface area contributed by atoms with Crippen LogP contribution in [0.2, 0.25) is 0 Å². The third-order valence-electron chi connectivity index (χ3n) is 6.83. The lowest BCUT2D eigenvalue weighted by molar-refractivity contribution is -0.306. The Morgan fingerprint density at radius 3 is 1.61 bits per heavy atom. The smallest absolute Gasteiger partial charge is 0.338 e. The van der Waals surface area contributed by atoms with E-state index in [0.29, 0.717) is 12.2 Å². The topological polar surface area (TPSA) is 83.5 Å². The lowest BCUT2D eigenvalue weighted by Crippen LogP contribution is -2.61. The lowest BCUT2D eigenvalue weighted by atomic mass is 9.98. The molecule has 0 amide bonds. The van der Waals surface area contributed by atoms with Crippen LogP contribution in [0.5, 0.6) is 0 Å². The second kappa shape index (κ2) is 14.7. The molecule has 0 saturated carbocycles. The van der Waals surface area contributed by atoms with Crippen molar-refractivity contribution in [3.05, 3.63) is 144 Å². The number of benzene rings is 4. The molecule has 0 spiro atoms. The predicted molar refractivity (Wildman–Crippen MR) is 153 cm³/mol. The van der Waals surface area contributed by atoms with Gasteiger partial charge in [-0.05, 0) is 28.8 Å². The van der Waals surface area contributed by atoms with E-state index in [9.17, 15) is 9.90 Å². The van der Waals surface area contributed by atoms with Crippen molar-refractivity contribution in [2.24, 2.45) is 0 Å². The van der Waals surface area contributed by atoms with Gasteiger partial charge >= 0.3 is 5.97 Å². The fraction of sp³-hybridized carbons (Fsp3) is 0.265. The van der Waals surface area contributed by atoms with Crippen LogP contribution in [0.3, 0.4) is 0 Å². The molecule has 5 rings (SSSR count). The summed E-state index contributed by atoms with van der Waals surface area (Å²) in [5.41, 5.74) is 3.26. The monoisotopic (exact) mass is 554 g/mol. The lowest BCUT2D eigenvalue weighted by Gasteiger charge is -2.44. The highest BCUT2D eigenvalue weighted by Crippen LogP contribution is 2.30. The van der Waals surface area contributed by atoms with Gasteiger partial charge in [0.25, 0.3) is 0 Å². The Hall–Kier alpha value is -3.85. The molecule has 2 unspecified atom stereocenters. The summed E-state index contributed by atoms with van der Waals surface area (Å²) in [6, 6.07) is 37.8. The van der Waals surface area contributed by atoms with Crippen LogP contribution in [0.25, 0.3) is 0 Å². The Balaban J connectivity index is 1.39. The van der Waals surface area contributed by atoms with Crippen LogP contribution in [-0.4, -0.2) is 48.4 Å². The molecular formula is C34H34O7. The van der Waals surface area contributed by atoms with Crippen molar-refractivity contribution < 1.29 is 33.6 Å². The third kappa shape index (κ3) is 8.10. The van der Waals surface area contributed by atoms with Gasteiger partial charge in [-0.15, -0.1) is 0 Å². The number of hydrogen-bond acceptors (Lipinski definition) is 7. The molecular weight excluding hydrogens is 520 g/mol. The maximum absolute atomic E-state index is 13.1. The molecule has 4 aromatic carbocycles. The van der Waals surface area contributed by atoms with E-state index in [2.05, 4.69) is 0 Å². The van der Waals surface area contributed by atoms with Gasteiger partial charge in [-0.3, -0.25) is 0 Å². The van der Waals surface area contributed by atoms with Crippen LogP contribution in [0.15, 0.2) is 121 Å². The highest BCUT2D eigenvalue weighted by Gasteiger charge is 2.49. The number of carbonyl (C=O) groups excluding carboxylic acids is 1. The summed E-state index contributed by atoms with van der Waals surface area (Å²) in [7, 11) is 0. The van der Waals surface area contributed by atoms with Gasteiger partial charge in [0, 0.05) is 0 Å². The van der Waals surface area contributed by atoms with Gasteiger partial charge in [0.15, 0.2) is 12.4 Å². The Morgan fingerprint density at radius 1 is 0.610 bits per heavy atom. The standard InChI is InChI=1S/C34H34O7/c35-33(28-19-11-4-12-20-28)41-32-31(39-23-27-17-9-3-10-18-27)30(38-22-26-15-7-2-8-16-26)29(40-34(32)36)24-37-21-25-13-5-1-6-14-25/h1-20,29-32,34,36H,21-24H2/t29?,30-,31-,32?,34-/m0/s1. The molecule has 1 aliphatic rings. The molecule has 0 aromatic heterocycles. The molecule has 7 nitrogen and oxygen atoms in total. The second-order valence-corrected chi connectivity index (χ2v) is 9.82. The number of rotatable bonds is 12. The van der Waals surface area contributed by atoms with Gasteiger partial charge in [-0.1, -0.05) is 109 Å². The van der Waals surface area contributed by atoms with Crippen LogP contribution >= 0.6 is 0 Å². The molecule has 0 aliphatic carbocycles. The van der Waals surface area contributed by atoms with Crippen molar-refractivity contribution in [3.8, 4) is 0 Å². The van der Waals surface area contributed by atoms with Crippen LogP contribution in [0, 0.1) is 0 Å². The molecule has 41 heavy (non-hydrogen) atoms. The number of hydrogen-bond donors (Lipinski definition) is 1. The minimum absolute atomic E-state index is 0.135. The fourth-order valence-corrected chi connectivity index (χ4v) is 4.71. The molecule has 1 heterocycles. The summed E-state index contributed by atoms with van der Waals surface area (Å²) in [6.07, 6.45) is -4.85. The maximum Gasteiger partial charge on any atom is 0.338 e. The first-order chi connectivity index (χ1) is 20.2. The summed E-state index contributed by atoms with van der Waals surface area (Å²) in [5.74, 6) is -0.591. The molecule has 1 saturated heterocycles. The number of esters is 1. The largest absolute Gasteiger partial charge is 0.450 e. The van der Waals surface area contributed by atoms with Crippen LogP contribution < -0.4 is 0 Å². The SMILES string of the molecule is O=C(OC1[C@@H](OCc2ccccc2)[C@@H](OCc2ccccc2)C(COCc2ccccc2)O[C@@H]1O)c1ccccc1. The molecule has 0 radical (unpaired) electrons. The zero-order valence-electron chi connectivity index (χ0n) is 22.7. The number of ether oxygens (including phenoxy) is 5. The van der Waals surface area contributed by atoms with Gasteiger partial charge in [-0.2, -0.15) is 0 Å². The van der Waals surface area contributed by atoms with E-state index in [1.54, 1.807) is 24.3 Å². The minimum atomic E-state index is -1.45. The van der Waals surface area contributed by atoms with Crippen molar-refractivity contribution in [2.75, 3.05) is 6.61 Å². The summed E-state index contributed by atoms with van der Waals surface area (Å²) < 4.78 is 30.7. The molecule has 212 valence electrons. The third-order valence-corrected chi connectivity index (χ3v) is 6.83. The fourth-order valence-electron chi connectivity index (χ4n) is 4.71. The summed E-state index contributed by atoms with van der Waals surface area (Å²) >= 11 is 0. The van der Waals surface area contributed by atoms with Crippen molar-refractivity contribution in [1.29, 1.82) is 0 Å². The molecule has 1 aliphatic heterocycles. The van der Waals surface area contributed by atoms with Gasteiger partial charge < -0.3 is 28.8 Å². The minimum Gasteiger partial charge on any atom is -0.450 e. The molecule has 0 bridgehead atoms. The molecule has 7 heteroatoms. The Bertz CT molecular complexity index is 1320. The number of aliphatic hydroxyl groups is 1. The van der Waals surface area contributed by atoms with Crippen molar-refractivity contribution >= 4 is 5.97 Å². The van der Waals surface area contributed by atoms with Crippen molar-refractivity contribution in [3.63, 3.8) is 0 Å². The van der Waals surface area contributed by atoms with E-state index < -0.39 is 36.7 Å². The number of aliphatic hydroxyl groups excluding tert-OH is 1. The van der Waals surface area contributed by atoms with Gasteiger partial charge in [-0.25, -0.2) is 4.79 Å². The highest BCUT2D eigenvalue weighted by molar-refractivity contribution is 5.89. The Kier molecular flexibility index (Phi) is 10.3. The average molecular weight is 555 g/mol. The van der Waals surface area contributed by atoms with E-state index in [1.165, 1.54) is 0 Å². The normalized spacial score (nSPS) is 22.2. The summed E-state index contributed by atoms with van der Waals surface area (Å²) in [6.45, 7) is 0.991. The average Bonchev–Trinajstić information content (AvgIpc) is 3.02. The predicted octanol–water partition coefficient (Wildman–Crippen LogP) is 5.32. The van der Waals surface area contributed by atoms with Crippen molar-refractivity contribution in [1.82, 2.24) is 0 Å². The second-order valence-electron chi connectivity index (χ2n) is 9.82. The van der Waals surface area contributed by atoms with E-state index in [4.69, 9.17) is 23.7 Å². The van der Waals surface area contributed by atoms with E-state index in [1.807, 2.05) is 97.1 Å². The summed E-state index contributed by atoms with van der Waals surface area (Å²) in [5, 5.41) is 11.1. The van der Waals surface area contributed by atoms with Gasteiger partial charge in [0.05, 0.1) is 32.0 Å². The Morgan fingerprint density at radius 2 is 1.07 bits per heavy atom. The molecule has 1 N–H and O–H groups in total. The Labute approximate surface area is 240 Å². The quantitative estimate of drug-likeness (QED) is 0.238. The highest BCUT2D eigenvalue weighted by atomic mass is 16.7. The van der Waals surface area contributed by atoms with Crippen LogP contribution in [-0.2, 0) is 43.5 Å². The van der Waals surface area contributed by atoms with E-state index >= 15 is 0 Å². The van der Waals surface area contributed by atoms with Crippen LogP contribution in [0.4, 0.5) is 0 Å². The van der Waals surface area contributed by atoms with Gasteiger partial charge in [0.2, 0.25) is 0 Å². The summed E-state index contributed by atoms with van der Waals surface area (Å²) in [4.78, 5) is 13.1. The van der Waals surface area contributed by atoms with E-state index in [0.717, 1.165) is 16.7 Å². The van der Waals surface area contributed by atoms with Crippen LogP contribution in [0.1, 0.15) is 27.0 Å². The maximum atomic E-state index is 13.1. The molecule has 4 aromatic rings. The zero-order chi connectivity index (χ0) is 28.3.